The number of urea groups is 1. The molecule has 0 aromatic rings. The van der Waals surface area contributed by atoms with Crippen molar-refractivity contribution >= 4 is 12.0 Å². The zero-order valence-electron chi connectivity index (χ0n) is 11.0. The normalized spacial score (nSPS) is 31.8. The lowest BCUT2D eigenvalue weighted by molar-refractivity contribution is -0.142. The van der Waals surface area contributed by atoms with Gasteiger partial charge in [0, 0.05) is 19.7 Å². The summed E-state index contributed by atoms with van der Waals surface area (Å²) < 4.78 is 10.6. The van der Waals surface area contributed by atoms with Crippen LogP contribution in [-0.2, 0) is 14.3 Å². The number of nitrogens with zero attached hydrogens (tertiary/aromatic N) is 1. The molecule has 108 valence electrons. The number of carboxylic acids is 1. The first-order chi connectivity index (χ1) is 9.08. The number of rotatable bonds is 2. The third-order valence-corrected chi connectivity index (χ3v) is 3.45. The fraction of sp³-hybridized carbons (Fsp3) is 0.833. The number of ether oxygens (including phenoxy) is 2. The van der Waals surface area contributed by atoms with Crippen LogP contribution in [0.15, 0.2) is 0 Å². The van der Waals surface area contributed by atoms with Crippen molar-refractivity contribution in [2.45, 2.75) is 25.5 Å². The first-order valence-electron chi connectivity index (χ1n) is 6.55. The molecule has 2 fully saturated rings. The summed E-state index contributed by atoms with van der Waals surface area (Å²) in [5.41, 5.74) is 0. The van der Waals surface area contributed by atoms with Gasteiger partial charge >= 0.3 is 12.0 Å². The summed E-state index contributed by atoms with van der Waals surface area (Å²) in [4.78, 5) is 24.8. The van der Waals surface area contributed by atoms with E-state index in [2.05, 4.69) is 5.32 Å². The zero-order valence-corrected chi connectivity index (χ0v) is 11.0. The van der Waals surface area contributed by atoms with Crippen LogP contribution in [-0.4, -0.2) is 67.1 Å². The van der Waals surface area contributed by atoms with Crippen molar-refractivity contribution in [3.8, 4) is 0 Å². The van der Waals surface area contributed by atoms with E-state index in [0.29, 0.717) is 19.7 Å². The minimum atomic E-state index is -0.935. The summed E-state index contributed by atoms with van der Waals surface area (Å²) in [5, 5.41) is 11.8. The molecule has 3 atom stereocenters. The number of aliphatic carboxylic acids is 1. The predicted octanol–water partition coefficient (Wildman–Crippen LogP) is -0.0936. The van der Waals surface area contributed by atoms with Crippen LogP contribution in [0.4, 0.5) is 4.79 Å². The van der Waals surface area contributed by atoms with Crippen LogP contribution in [0, 0.1) is 5.92 Å². The predicted molar refractivity (Wildman–Crippen MR) is 65.9 cm³/mol. The molecule has 3 unspecified atom stereocenters. The van der Waals surface area contributed by atoms with Crippen molar-refractivity contribution in [2.75, 3.05) is 32.9 Å². The molecule has 19 heavy (non-hydrogen) atoms. The Balaban J connectivity index is 1.90. The van der Waals surface area contributed by atoms with Crippen LogP contribution in [0.5, 0.6) is 0 Å². The molecule has 2 aliphatic heterocycles. The lowest BCUT2D eigenvalue weighted by Gasteiger charge is -2.25. The summed E-state index contributed by atoms with van der Waals surface area (Å²) >= 11 is 0. The Kier molecular flexibility index (Phi) is 4.60. The van der Waals surface area contributed by atoms with Gasteiger partial charge in [-0.15, -0.1) is 0 Å². The maximum Gasteiger partial charge on any atom is 0.317 e. The second-order valence-electron chi connectivity index (χ2n) is 5.02. The van der Waals surface area contributed by atoms with Crippen LogP contribution < -0.4 is 5.32 Å². The summed E-state index contributed by atoms with van der Waals surface area (Å²) in [6.07, 6.45) is 0.796. The van der Waals surface area contributed by atoms with Crippen molar-refractivity contribution in [1.82, 2.24) is 10.2 Å². The first-order valence-corrected chi connectivity index (χ1v) is 6.55. The van der Waals surface area contributed by atoms with Crippen LogP contribution in [0.2, 0.25) is 0 Å². The van der Waals surface area contributed by atoms with E-state index in [0.717, 1.165) is 6.42 Å². The van der Waals surface area contributed by atoms with E-state index < -0.39 is 17.9 Å². The van der Waals surface area contributed by atoms with Gasteiger partial charge in [0.1, 0.15) is 5.92 Å². The number of hydrogen-bond acceptors (Lipinski definition) is 4. The number of amides is 2. The van der Waals surface area contributed by atoms with Crippen LogP contribution in [0.25, 0.3) is 0 Å². The van der Waals surface area contributed by atoms with E-state index in [1.807, 2.05) is 6.92 Å². The molecule has 2 aliphatic rings. The van der Waals surface area contributed by atoms with Gasteiger partial charge in [0.05, 0.1) is 25.4 Å². The lowest BCUT2D eigenvalue weighted by atomic mass is 10.0. The molecule has 2 amide bonds. The van der Waals surface area contributed by atoms with Crippen molar-refractivity contribution in [3.63, 3.8) is 0 Å². The van der Waals surface area contributed by atoms with E-state index >= 15 is 0 Å². The minimum absolute atomic E-state index is 0.00310. The first kappa shape index (κ1) is 14.1. The van der Waals surface area contributed by atoms with E-state index in [-0.39, 0.29) is 25.3 Å². The molecule has 2 rings (SSSR count). The van der Waals surface area contributed by atoms with Crippen molar-refractivity contribution in [1.29, 1.82) is 0 Å². The van der Waals surface area contributed by atoms with Gasteiger partial charge < -0.3 is 24.8 Å². The average molecular weight is 272 g/mol. The van der Waals surface area contributed by atoms with E-state index in [1.54, 1.807) is 4.90 Å². The van der Waals surface area contributed by atoms with Crippen molar-refractivity contribution in [3.05, 3.63) is 0 Å². The summed E-state index contributed by atoms with van der Waals surface area (Å²) in [7, 11) is 0. The molecule has 0 bridgehead atoms. The quantitative estimate of drug-likeness (QED) is 0.733. The van der Waals surface area contributed by atoms with E-state index in [9.17, 15) is 9.59 Å². The van der Waals surface area contributed by atoms with Gasteiger partial charge in [0.25, 0.3) is 0 Å². The second kappa shape index (κ2) is 6.21. The molecule has 7 heteroatoms. The molecular weight excluding hydrogens is 252 g/mol. The molecular formula is C12H20N2O5. The highest BCUT2D eigenvalue weighted by Crippen LogP contribution is 2.15. The molecule has 2 saturated heterocycles. The Morgan fingerprint density at radius 3 is 2.89 bits per heavy atom. The van der Waals surface area contributed by atoms with Gasteiger partial charge in [-0.25, -0.2) is 4.79 Å². The molecule has 0 aromatic carbocycles. The molecule has 0 aromatic heterocycles. The Morgan fingerprint density at radius 1 is 1.37 bits per heavy atom. The molecule has 2 heterocycles. The number of hydrogen-bond donors (Lipinski definition) is 2. The fourth-order valence-corrected chi connectivity index (χ4v) is 2.37. The highest BCUT2D eigenvalue weighted by atomic mass is 16.5. The molecule has 0 spiro atoms. The van der Waals surface area contributed by atoms with Gasteiger partial charge in [-0.1, -0.05) is 0 Å². The van der Waals surface area contributed by atoms with Crippen LogP contribution in [0.1, 0.15) is 13.3 Å². The molecule has 7 nitrogen and oxygen atoms in total. The lowest BCUT2D eigenvalue weighted by Crippen LogP contribution is -2.50. The molecule has 0 aliphatic carbocycles. The summed E-state index contributed by atoms with van der Waals surface area (Å²) in [6.45, 7) is 4.13. The Hall–Kier alpha value is -1.34. The van der Waals surface area contributed by atoms with Gasteiger partial charge in [-0.2, -0.15) is 0 Å². The fourth-order valence-electron chi connectivity index (χ4n) is 2.37. The summed E-state index contributed by atoms with van der Waals surface area (Å²) in [5.74, 6) is -1.60. The number of carbonyl (C=O) groups excluding carboxylic acids is 1. The average Bonchev–Trinajstić information content (AvgIpc) is 2.70. The smallest absolute Gasteiger partial charge is 0.317 e. The maximum absolute atomic E-state index is 12.1. The zero-order chi connectivity index (χ0) is 13.8. The Labute approximate surface area is 111 Å². The van der Waals surface area contributed by atoms with Gasteiger partial charge in [0.2, 0.25) is 0 Å². The molecule has 0 radical (unpaired) electrons. The van der Waals surface area contributed by atoms with Crippen molar-refractivity contribution in [2.24, 2.45) is 5.92 Å². The third-order valence-electron chi connectivity index (χ3n) is 3.45. The van der Waals surface area contributed by atoms with Gasteiger partial charge in [-0.3, -0.25) is 4.79 Å². The maximum atomic E-state index is 12.1. The van der Waals surface area contributed by atoms with Gasteiger partial charge in [-0.05, 0) is 13.3 Å². The second-order valence-corrected chi connectivity index (χ2v) is 5.02. The van der Waals surface area contributed by atoms with Gasteiger partial charge in [0.15, 0.2) is 0 Å². The SMILES string of the molecule is CC1CN(C(=O)NC2COCC2C(=O)O)CCCO1. The highest BCUT2D eigenvalue weighted by molar-refractivity contribution is 5.77. The molecule has 2 N–H and O–H groups in total. The monoisotopic (exact) mass is 272 g/mol. The standard InChI is InChI=1S/C12H20N2O5/c1-8-5-14(3-2-4-19-8)12(17)13-10-7-18-6-9(10)11(15)16/h8-10H,2-7H2,1H3,(H,13,17)(H,15,16). The number of carbonyl (C=O) groups is 2. The largest absolute Gasteiger partial charge is 0.481 e. The van der Waals surface area contributed by atoms with E-state index in [4.69, 9.17) is 14.6 Å². The van der Waals surface area contributed by atoms with Crippen LogP contribution in [0.3, 0.4) is 0 Å². The topological polar surface area (TPSA) is 88.1 Å². The van der Waals surface area contributed by atoms with Crippen LogP contribution >= 0.6 is 0 Å². The van der Waals surface area contributed by atoms with E-state index in [1.165, 1.54) is 0 Å². The number of nitrogens with one attached hydrogen (secondary N) is 1. The number of carboxylic acid groups (broad SMARTS) is 1. The minimum Gasteiger partial charge on any atom is -0.481 e. The Morgan fingerprint density at radius 2 is 2.16 bits per heavy atom. The summed E-state index contributed by atoms with van der Waals surface area (Å²) in [6, 6.07) is -0.691. The Bertz CT molecular complexity index is 349. The molecule has 0 saturated carbocycles. The van der Waals surface area contributed by atoms with Crippen molar-refractivity contribution < 1.29 is 24.2 Å². The third kappa shape index (κ3) is 3.57. The highest BCUT2D eigenvalue weighted by Gasteiger charge is 2.36.